The fourth-order valence-corrected chi connectivity index (χ4v) is 0.673. The lowest BCUT2D eigenvalue weighted by Crippen LogP contribution is -2.43. The minimum absolute atomic E-state index is 0.587. The standard InChI is InChI=1S/C8H8F6O4/c1-3-6(2,17-4(15)7(9,10)11)18-5(16)8(12,13)14/h3H2,1-2H3. The number of hydrogen-bond donors (Lipinski definition) is 0. The molecular formula is C8H8F6O4. The maximum Gasteiger partial charge on any atom is 0.491 e. The fourth-order valence-electron chi connectivity index (χ4n) is 0.673. The first kappa shape index (κ1) is 16.5. The molecule has 0 atom stereocenters. The summed E-state index contributed by atoms with van der Waals surface area (Å²) in [6.45, 7) is 1.69. The van der Waals surface area contributed by atoms with E-state index in [9.17, 15) is 35.9 Å². The van der Waals surface area contributed by atoms with Gasteiger partial charge in [-0.25, -0.2) is 9.59 Å². The van der Waals surface area contributed by atoms with Crippen LogP contribution in [0.3, 0.4) is 0 Å². The van der Waals surface area contributed by atoms with Gasteiger partial charge in [0.2, 0.25) is 0 Å². The van der Waals surface area contributed by atoms with Crippen LogP contribution in [0.25, 0.3) is 0 Å². The van der Waals surface area contributed by atoms with Crippen LogP contribution in [-0.4, -0.2) is 30.1 Å². The van der Waals surface area contributed by atoms with Crippen LogP contribution in [0.15, 0.2) is 0 Å². The molecule has 0 aliphatic carbocycles. The van der Waals surface area contributed by atoms with Gasteiger partial charge in [-0.1, -0.05) is 6.92 Å². The van der Waals surface area contributed by atoms with Gasteiger partial charge in [-0.05, 0) is 0 Å². The Hall–Kier alpha value is -1.48. The van der Waals surface area contributed by atoms with Gasteiger partial charge < -0.3 is 9.47 Å². The highest BCUT2D eigenvalue weighted by Crippen LogP contribution is 2.27. The lowest BCUT2D eigenvalue weighted by molar-refractivity contribution is -0.268. The summed E-state index contributed by atoms with van der Waals surface area (Å²) in [6, 6.07) is 0. The summed E-state index contributed by atoms with van der Waals surface area (Å²) in [5, 5.41) is 0. The molecule has 18 heavy (non-hydrogen) atoms. The molecule has 0 bridgehead atoms. The second-order valence-corrected chi connectivity index (χ2v) is 3.26. The Kier molecular flexibility index (Phi) is 4.61. The Labute approximate surface area is 96.8 Å². The predicted molar refractivity (Wildman–Crippen MR) is 43.0 cm³/mol. The Bertz CT molecular complexity index is 303. The first-order valence-corrected chi connectivity index (χ1v) is 4.42. The van der Waals surface area contributed by atoms with E-state index >= 15 is 0 Å². The second kappa shape index (κ2) is 5.02. The van der Waals surface area contributed by atoms with Crippen molar-refractivity contribution in [3.63, 3.8) is 0 Å². The van der Waals surface area contributed by atoms with Gasteiger partial charge in [-0.15, -0.1) is 0 Å². The minimum Gasteiger partial charge on any atom is -0.416 e. The molecule has 0 saturated carbocycles. The molecule has 0 N–H and O–H groups in total. The van der Waals surface area contributed by atoms with Crippen LogP contribution in [0.4, 0.5) is 26.3 Å². The van der Waals surface area contributed by atoms with Gasteiger partial charge in [0.25, 0.3) is 5.79 Å². The molecule has 10 heteroatoms. The van der Waals surface area contributed by atoms with Gasteiger partial charge >= 0.3 is 24.3 Å². The highest BCUT2D eigenvalue weighted by atomic mass is 19.4. The average Bonchev–Trinajstić information content (AvgIpc) is 2.14. The molecule has 0 aromatic carbocycles. The third-order valence-electron chi connectivity index (χ3n) is 1.72. The number of carbonyl (C=O) groups is 2. The molecular weight excluding hydrogens is 274 g/mol. The summed E-state index contributed by atoms with van der Waals surface area (Å²) >= 11 is 0. The molecule has 0 spiro atoms. The van der Waals surface area contributed by atoms with Gasteiger partial charge in [0.1, 0.15) is 0 Å². The van der Waals surface area contributed by atoms with E-state index in [1.165, 1.54) is 0 Å². The number of carbonyl (C=O) groups excluding carboxylic acids is 2. The molecule has 4 nitrogen and oxygen atoms in total. The third-order valence-corrected chi connectivity index (χ3v) is 1.72. The lowest BCUT2D eigenvalue weighted by Gasteiger charge is -2.28. The smallest absolute Gasteiger partial charge is 0.416 e. The average molecular weight is 282 g/mol. The van der Waals surface area contributed by atoms with Crippen LogP contribution in [0, 0.1) is 0 Å². The van der Waals surface area contributed by atoms with E-state index in [4.69, 9.17) is 0 Å². The van der Waals surface area contributed by atoms with Crippen LogP contribution in [0.5, 0.6) is 0 Å². The van der Waals surface area contributed by atoms with E-state index in [-0.39, 0.29) is 0 Å². The number of hydrogen-bond acceptors (Lipinski definition) is 4. The molecule has 0 heterocycles. The molecule has 0 saturated heterocycles. The third kappa shape index (κ3) is 4.80. The zero-order valence-corrected chi connectivity index (χ0v) is 9.11. The molecule has 0 amide bonds. The highest BCUT2D eigenvalue weighted by Gasteiger charge is 2.49. The largest absolute Gasteiger partial charge is 0.491 e. The molecule has 0 unspecified atom stereocenters. The van der Waals surface area contributed by atoms with E-state index in [2.05, 4.69) is 9.47 Å². The van der Waals surface area contributed by atoms with E-state index in [0.717, 1.165) is 6.92 Å². The number of esters is 2. The SMILES string of the molecule is CCC(C)(OC(=O)C(F)(F)F)OC(=O)C(F)(F)F. The Morgan fingerprint density at radius 3 is 1.33 bits per heavy atom. The zero-order valence-electron chi connectivity index (χ0n) is 9.11. The van der Waals surface area contributed by atoms with Crippen LogP contribution >= 0.6 is 0 Å². The molecule has 0 aromatic heterocycles. The Balaban J connectivity index is 4.84. The van der Waals surface area contributed by atoms with Crippen molar-refractivity contribution in [1.82, 2.24) is 0 Å². The van der Waals surface area contributed by atoms with Gasteiger partial charge in [0.15, 0.2) is 0 Å². The van der Waals surface area contributed by atoms with Gasteiger partial charge in [-0.3, -0.25) is 0 Å². The first-order chi connectivity index (χ1) is 7.82. The normalized spacial score (nSPS) is 13.1. The quantitative estimate of drug-likeness (QED) is 0.453. The predicted octanol–water partition coefficient (Wildman–Crippen LogP) is 2.32. The van der Waals surface area contributed by atoms with Crippen molar-refractivity contribution in [1.29, 1.82) is 0 Å². The van der Waals surface area contributed by atoms with Crippen molar-refractivity contribution in [2.45, 2.75) is 38.4 Å². The van der Waals surface area contributed by atoms with Gasteiger partial charge in [0.05, 0.1) is 0 Å². The van der Waals surface area contributed by atoms with E-state index in [1.807, 2.05) is 0 Å². The summed E-state index contributed by atoms with van der Waals surface area (Å²) in [4.78, 5) is 20.9. The summed E-state index contributed by atoms with van der Waals surface area (Å²) in [5.74, 6) is -8.14. The maximum absolute atomic E-state index is 11.8. The van der Waals surface area contributed by atoms with Crippen molar-refractivity contribution in [2.75, 3.05) is 0 Å². The molecule has 0 aliphatic rings. The number of alkyl halides is 6. The molecule has 0 radical (unpaired) electrons. The summed E-state index contributed by atoms with van der Waals surface area (Å²) < 4.78 is 78.5. The van der Waals surface area contributed by atoms with E-state index in [1.54, 1.807) is 0 Å². The molecule has 0 rings (SSSR count). The molecule has 0 aromatic rings. The van der Waals surface area contributed by atoms with Crippen molar-refractivity contribution in [3.8, 4) is 0 Å². The minimum atomic E-state index is -5.40. The monoisotopic (exact) mass is 282 g/mol. The van der Waals surface area contributed by atoms with Crippen LogP contribution < -0.4 is 0 Å². The lowest BCUT2D eigenvalue weighted by atomic mass is 10.2. The first-order valence-electron chi connectivity index (χ1n) is 4.42. The Morgan fingerprint density at radius 1 is 0.889 bits per heavy atom. The maximum atomic E-state index is 11.8. The van der Waals surface area contributed by atoms with Gasteiger partial charge in [0, 0.05) is 13.3 Å². The van der Waals surface area contributed by atoms with Crippen LogP contribution in [0.2, 0.25) is 0 Å². The van der Waals surface area contributed by atoms with Crippen molar-refractivity contribution >= 4 is 11.9 Å². The Morgan fingerprint density at radius 2 is 1.17 bits per heavy atom. The van der Waals surface area contributed by atoms with Crippen molar-refractivity contribution in [3.05, 3.63) is 0 Å². The van der Waals surface area contributed by atoms with E-state index in [0.29, 0.717) is 6.92 Å². The molecule has 0 fully saturated rings. The molecule has 0 aliphatic heterocycles. The van der Waals surface area contributed by atoms with Crippen LogP contribution in [0.1, 0.15) is 20.3 Å². The highest BCUT2D eigenvalue weighted by molar-refractivity contribution is 5.78. The van der Waals surface area contributed by atoms with Crippen molar-refractivity contribution < 1.29 is 45.4 Å². The second-order valence-electron chi connectivity index (χ2n) is 3.26. The summed E-state index contributed by atoms with van der Waals surface area (Å²) in [7, 11) is 0. The number of halogens is 6. The molecule has 106 valence electrons. The number of ether oxygens (including phenoxy) is 2. The van der Waals surface area contributed by atoms with Crippen molar-refractivity contribution in [2.24, 2.45) is 0 Å². The number of rotatable bonds is 3. The summed E-state index contributed by atoms with van der Waals surface area (Å²) in [5.41, 5.74) is 0. The van der Waals surface area contributed by atoms with Crippen LogP contribution in [-0.2, 0) is 19.1 Å². The zero-order chi connectivity index (χ0) is 14.8. The summed E-state index contributed by atoms with van der Waals surface area (Å²) in [6.07, 6.45) is -11.4. The van der Waals surface area contributed by atoms with E-state index < -0.39 is 36.5 Å². The fraction of sp³-hybridized carbons (Fsp3) is 0.750. The topological polar surface area (TPSA) is 52.6 Å². The van der Waals surface area contributed by atoms with Gasteiger partial charge in [-0.2, -0.15) is 26.3 Å².